The summed E-state index contributed by atoms with van der Waals surface area (Å²) >= 11 is 0. The Morgan fingerprint density at radius 3 is 2.52 bits per heavy atom. The Morgan fingerprint density at radius 2 is 1.95 bits per heavy atom. The molecule has 2 aliphatic heterocycles. The lowest BCUT2D eigenvalue weighted by molar-refractivity contribution is -0.146. The van der Waals surface area contributed by atoms with E-state index in [9.17, 15) is 14.0 Å². The number of nitrogens with zero attached hydrogens (tertiary/aromatic N) is 1. The number of carbonyl (C=O) groups is 2. The van der Waals surface area contributed by atoms with Crippen LogP contribution in [0.15, 0.2) is 18.2 Å². The van der Waals surface area contributed by atoms with Crippen molar-refractivity contribution in [3.63, 3.8) is 0 Å². The lowest BCUT2D eigenvalue weighted by Crippen LogP contribution is -2.52. The van der Waals surface area contributed by atoms with Gasteiger partial charge in [0.25, 0.3) is 11.8 Å². The summed E-state index contributed by atoms with van der Waals surface area (Å²) in [5, 5.41) is 8.60. The molecule has 5 nitrogen and oxygen atoms in total. The summed E-state index contributed by atoms with van der Waals surface area (Å²) < 4.78 is 19.2. The molecular weight excluding hydrogens is 277 g/mol. The lowest BCUT2D eigenvalue weighted by Gasteiger charge is -2.29. The minimum atomic E-state index is -0.645. The smallest absolute Gasteiger partial charge is 0.262 e. The zero-order valence-corrected chi connectivity index (χ0v) is 11.0. The van der Waals surface area contributed by atoms with Crippen LogP contribution in [0.2, 0.25) is 0 Å². The molecule has 21 heavy (non-hydrogen) atoms. The molecule has 2 heterocycles. The van der Waals surface area contributed by atoms with Crippen LogP contribution in [0, 0.1) is 17.7 Å². The van der Waals surface area contributed by atoms with Crippen LogP contribution in [-0.2, 0) is 14.3 Å². The lowest BCUT2D eigenvalue weighted by atomic mass is 10.1. The highest BCUT2D eigenvalue weighted by molar-refractivity contribution is 6.19. The first-order valence-corrected chi connectivity index (χ1v) is 6.54. The van der Waals surface area contributed by atoms with Crippen molar-refractivity contribution in [2.45, 2.75) is 25.0 Å². The first-order chi connectivity index (χ1) is 10.1. The van der Waals surface area contributed by atoms with Crippen molar-refractivity contribution >= 4 is 17.5 Å². The van der Waals surface area contributed by atoms with Crippen LogP contribution in [0.4, 0.5) is 10.1 Å². The minimum Gasteiger partial charge on any atom is -0.384 e. The van der Waals surface area contributed by atoms with Crippen LogP contribution >= 0.6 is 0 Å². The average Bonchev–Trinajstić information content (AvgIpc) is 2.92. The third-order valence-electron chi connectivity index (χ3n) is 3.52. The predicted molar refractivity (Wildman–Crippen MR) is 70.8 cm³/mol. The van der Waals surface area contributed by atoms with Gasteiger partial charge in [-0.3, -0.25) is 9.59 Å². The Balaban J connectivity index is 1.95. The Kier molecular flexibility index (Phi) is 3.45. The number of carbonyl (C=O) groups excluding carboxylic acids is 2. The Labute approximate surface area is 120 Å². The molecule has 0 aromatic heterocycles. The molecule has 108 valence electrons. The molecular formula is C15H12FNO4. The van der Waals surface area contributed by atoms with Gasteiger partial charge in [-0.15, -0.1) is 0 Å². The van der Waals surface area contributed by atoms with Crippen LogP contribution in [0.3, 0.4) is 0 Å². The minimum absolute atomic E-state index is 0.101. The van der Waals surface area contributed by atoms with Crippen molar-refractivity contribution in [3.05, 3.63) is 29.6 Å². The number of hydrogen-bond acceptors (Lipinski definition) is 4. The zero-order chi connectivity index (χ0) is 15.0. The van der Waals surface area contributed by atoms with Crippen molar-refractivity contribution in [2.75, 3.05) is 11.5 Å². The number of rotatable bonds is 1. The standard InChI is InChI=1S/C15H12FNO4/c16-11-8-10(4-3-9(11)2-1-7-18)17-14(19)12-5-6-13(21-12)15(17)20/h3-4,8,12-13,18H,5-7H2. The molecule has 2 atom stereocenters. The summed E-state index contributed by atoms with van der Waals surface area (Å²) in [7, 11) is 0. The molecule has 3 rings (SSSR count). The summed E-state index contributed by atoms with van der Waals surface area (Å²) in [5.74, 6) is 3.24. The fraction of sp³-hybridized carbons (Fsp3) is 0.333. The van der Waals surface area contributed by atoms with Gasteiger partial charge in [0.2, 0.25) is 0 Å². The fourth-order valence-electron chi connectivity index (χ4n) is 2.53. The second-order valence-corrected chi connectivity index (χ2v) is 4.83. The average molecular weight is 289 g/mol. The topological polar surface area (TPSA) is 66.8 Å². The molecule has 1 aromatic carbocycles. The molecule has 1 N–H and O–H groups in total. The first kappa shape index (κ1) is 13.7. The number of benzene rings is 1. The van der Waals surface area contributed by atoms with E-state index in [1.165, 1.54) is 12.1 Å². The molecule has 0 radical (unpaired) electrons. The maximum Gasteiger partial charge on any atom is 0.262 e. The van der Waals surface area contributed by atoms with E-state index < -0.39 is 29.8 Å². The van der Waals surface area contributed by atoms with Crippen molar-refractivity contribution < 1.29 is 23.8 Å². The predicted octanol–water partition coefficient (Wildman–Crippen LogP) is 0.590. The van der Waals surface area contributed by atoms with Crippen molar-refractivity contribution in [1.29, 1.82) is 0 Å². The highest BCUT2D eigenvalue weighted by atomic mass is 19.1. The van der Waals surface area contributed by atoms with E-state index >= 15 is 0 Å². The maximum absolute atomic E-state index is 13.9. The third-order valence-corrected chi connectivity index (χ3v) is 3.52. The summed E-state index contributed by atoms with van der Waals surface area (Å²) in [5.41, 5.74) is 0.279. The van der Waals surface area contributed by atoms with Crippen molar-refractivity contribution in [1.82, 2.24) is 0 Å². The number of aliphatic hydroxyl groups is 1. The molecule has 1 aromatic rings. The molecule has 2 bridgehead atoms. The van der Waals surface area contributed by atoms with Gasteiger partial charge in [0.15, 0.2) is 0 Å². The van der Waals surface area contributed by atoms with Crippen LogP contribution in [0.25, 0.3) is 0 Å². The van der Waals surface area contributed by atoms with Crippen molar-refractivity contribution in [2.24, 2.45) is 0 Å². The molecule has 2 unspecified atom stereocenters. The van der Waals surface area contributed by atoms with E-state index in [1.54, 1.807) is 0 Å². The Morgan fingerprint density at radius 1 is 1.29 bits per heavy atom. The monoisotopic (exact) mass is 289 g/mol. The maximum atomic E-state index is 13.9. The van der Waals surface area contributed by atoms with Gasteiger partial charge in [0.1, 0.15) is 24.6 Å². The largest absolute Gasteiger partial charge is 0.384 e. The molecule has 2 fully saturated rings. The van der Waals surface area contributed by atoms with Gasteiger partial charge >= 0.3 is 0 Å². The summed E-state index contributed by atoms with van der Waals surface area (Å²) in [6.07, 6.45) is -0.225. The number of aliphatic hydroxyl groups excluding tert-OH is 1. The summed E-state index contributed by atoms with van der Waals surface area (Å²) in [4.78, 5) is 25.3. The molecule has 6 heteroatoms. The normalized spacial score (nSPS) is 24.0. The van der Waals surface area contributed by atoms with Gasteiger partial charge in [-0.2, -0.15) is 0 Å². The molecule has 0 saturated carbocycles. The van der Waals surface area contributed by atoms with Crippen LogP contribution in [-0.4, -0.2) is 35.7 Å². The highest BCUT2D eigenvalue weighted by Crippen LogP contribution is 2.32. The first-order valence-electron chi connectivity index (χ1n) is 6.54. The molecule has 2 amide bonds. The van der Waals surface area contributed by atoms with Gasteiger partial charge in [-0.25, -0.2) is 9.29 Å². The Hall–Kier alpha value is -2.23. The third kappa shape index (κ3) is 2.31. The number of halogens is 1. The molecule has 2 saturated heterocycles. The number of morpholine rings is 1. The van der Waals surface area contributed by atoms with E-state index in [0.717, 1.165) is 11.0 Å². The Bertz CT molecular complexity index is 654. The van der Waals surface area contributed by atoms with Crippen molar-refractivity contribution in [3.8, 4) is 11.8 Å². The SMILES string of the molecule is O=C1C2CCC(O2)C(=O)N1c1ccc(C#CCO)c(F)c1. The number of ether oxygens (including phenoxy) is 1. The highest BCUT2D eigenvalue weighted by Gasteiger charge is 2.47. The molecule has 2 aliphatic rings. The second kappa shape index (κ2) is 5.28. The zero-order valence-electron chi connectivity index (χ0n) is 11.0. The van der Waals surface area contributed by atoms with Gasteiger partial charge in [0, 0.05) is 0 Å². The number of anilines is 1. The fourth-order valence-corrected chi connectivity index (χ4v) is 2.53. The summed E-state index contributed by atoms with van der Waals surface area (Å²) in [6, 6.07) is 3.94. The number of amides is 2. The van der Waals surface area contributed by atoms with E-state index in [-0.39, 0.29) is 17.9 Å². The second-order valence-electron chi connectivity index (χ2n) is 4.83. The number of hydrogen-bond donors (Lipinski definition) is 1. The van der Waals surface area contributed by atoms with Gasteiger partial charge in [-0.1, -0.05) is 11.8 Å². The number of fused-ring (bicyclic) bond motifs is 2. The molecule has 0 spiro atoms. The van der Waals surface area contributed by atoms with Gasteiger partial charge in [-0.05, 0) is 31.0 Å². The van der Waals surface area contributed by atoms with Crippen LogP contribution < -0.4 is 4.90 Å². The van der Waals surface area contributed by atoms with E-state index in [0.29, 0.717) is 12.8 Å². The van der Waals surface area contributed by atoms with E-state index in [4.69, 9.17) is 9.84 Å². The quantitative estimate of drug-likeness (QED) is 0.607. The van der Waals surface area contributed by atoms with E-state index in [1.807, 2.05) is 0 Å². The van der Waals surface area contributed by atoms with Gasteiger partial charge in [0.05, 0.1) is 11.3 Å². The van der Waals surface area contributed by atoms with Crippen LogP contribution in [0.1, 0.15) is 18.4 Å². The summed E-state index contributed by atoms with van der Waals surface area (Å²) in [6.45, 7) is -0.370. The van der Waals surface area contributed by atoms with Gasteiger partial charge < -0.3 is 9.84 Å². The van der Waals surface area contributed by atoms with Crippen LogP contribution in [0.5, 0.6) is 0 Å². The molecule has 0 aliphatic carbocycles. The number of imide groups is 1. The van der Waals surface area contributed by atoms with E-state index in [2.05, 4.69) is 11.8 Å².